The van der Waals surface area contributed by atoms with Crippen LogP contribution < -0.4 is 0 Å². The molecule has 0 spiro atoms. The highest BCUT2D eigenvalue weighted by Crippen LogP contribution is 2.23. The molecule has 6 heteroatoms. The Morgan fingerprint density at radius 1 is 1.07 bits per heavy atom. The number of H-pyrrole nitrogens is 1. The zero-order valence-electron chi connectivity index (χ0n) is 17.2. The molecule has 1 aromatic heterocycles. The van der Waals surface area contributed by atoms with Gasteiger partial charge in [0.15, 0.2) is 0 Å². The Labute approximate surface area is 170 Å². The average Bonchev–Trinajstić information content (AvgIpc) is 3.01. The molecule has 6 nitrogen and oxygen atoms in total. The standard InChI is InChI=1S/C23H26N2O4/c1-15-10-17-11-18(24-20(17)12-19(15)21(26)27)14-25(22(28)29-23(2,3)4)13-16-8-6-5-7-9-16/h5-12,24H,13-14H2,1-4H3,(H,26,27). The second-order valence-electron chi connectivity index (χ2n) is 8.18. The van der Waals surface area contributed by atoms with E-state index in [-0.39, 0.29) is 5.56 Å². The molecule has 2 N–H and O–H groups in total. The van der Waals surface area contributed by atoms with Gasteiger partial charge in [-0.1, -0.05) is 30.3 Å². The van der Waals surface area contributed by atoms with Crippen LogP contribution in [0.4, 0.5) is 4.79 Å². The number of rotatable bonds is 5. The van der Waals surface area contributed by atoms with Crippen LogP contribution in [0.25, 0.3) is 10.9 Å². The number of aromatic carboxylic acids is 1. The lowest BCUT2D eigenvalue weighted by Crippen LogP contribution is -2.36. The van der Waals surface area contributed by atoms with E-state index in [1.807, 2.05) is 63.2 Å². The van der Waals surface area contributed by atoms with Crippen molar-refractivity contribution in [1.29, 1.82) is 0 Å². The lowest BCUT2D eigenvalue weighted by Gasteiger charge is -2.27. The molecule has 0 saturated heterocycles. The molecule has 2 aromatic carbocycles. The van der Waals surface area contributed by atoms with Gasteiger partial charge in [0.05, 0.1) is 12.1 Å². The molecule has 3 rings (SSSR count). The van der Waals surface area contributed by atoms with E-state index in [4.69, 9.17) is 4.74 Å². The van der Waals surface area contributed by atoms with Gasteiger partial charge in [-0.15, -0.1) is 0 Å². The van der Waals surface area contributed by atoms with Gasteiger partial charge in [0.2, 0.25) is 0 Å². The molecule has 1 heterocycles. The minimum atomic E-state index is -0.958. The second kappa shape index (κ2) is 7.99. The van der Waals surface area contributed by atoms with Crippen LogP contribution in [0.1, 0.15) is 48.0 Å². The zero-order valence-corrected chi connectivity index (χ0v) is 17.2. The highest BCUT2D eigenvalue weighted by atomic mass is 16.6. The Kier molecular flexibility index (Phi) is 5.64. The van der Waals surface area contributed by atoms with Gasteiger partial charge < -0.3 is 14.8 Å². The van der Waals surface area contributed by atoms with Crippen molar-refractivity contribution < 1.29 is 19.4 Å². The molecule has 1 amide bonds. The van der Waals surface area contributed by atoms with E-state index in [0.717, 1.165) is 22.2 Å². The van der Waals surface area contributed by atoms with Gasteiger partial charge in [-0.25, -0.2) is 9.59 Å². The number of hydrogen-bond donors (Lipinski definition) is 2. The van der Waals surface area contributed by atoms with E-state index in [1.54, 1.807) is 17.9 Å². The third kappa shape index (κ3) is 5.16. The number of nitrogens with zero attached hydrogens (tertiary/aromatic N) is 1. The predicted molar refractivity (Wildman–Crippen MR) is 112 cm³/mol. The highest BCUT2D eigenvalue weighted by molar-refractivity contribution is 5.95. The number of amides is 1. The van der Waals surface area contributed by atoms with Crippen LogP contribution in [0.5, 0.6) is 0 Å². The van der Waals surface area contributed by atoms with E-state index >= 15 is 0 Å². The number of carboxylic acids is 1. The fourth-order valence-electron chi connectivity index (χ4n) is 3.19. The largest absolute Gasteiger partial charge is 0.478 e. The molecule has 0 unspecified atom stereocenters. The van der Waals surface area contributed by atoms with E-state index in [0.29, 0.717) is 18.7 Å². The number of hydrogen-bond acceptors (Lipinski definition) is 3. The fourth-order valence-corrected chi connectivity index (χ4v) is 3.19. The first-order valence-corrected chi connectivity index (χ1v) is 9.50. The number of carboxylic acid groups (broad SMARTS) is 1. The lowest BCUT2D eigenvalue weighted by atomic mass is 10.1. The monoisotopic (exact) mass is 394 g/mol. The summed E-state index contributed by atoms with van der Waals surface area (Å²) in [6.07, 6.45) is -0.401. The van der Waals surface area contributed by atoms with Crippen molar-refractivity contribution in [2.24, 2.45) is 0 Å². The van der Waals surface area contributed by atoms with Crippen molar-refractivity contribution in [3.05, 3.63) is 70.9 Å². The Bertz CT molecular complexity index is 1030. The number of benzene rings is 2. The predicted octanol–water partition coefficient (Wildman–Crippen LogP) is 5.11. The first kappa shape index (κ1) is 20.5. The normalized spacial score (nSPS) is 11.4. The summed E-state index contributed by atoms with van der Waals surface area (Å²) in [6.45, 7) is 8.02. The van der Waals surface area contributed by atoms with Crippen LogP contribution in [-0.2, 0) is 17.8 Å². The van der Waals surface area contributed by atoms with Crippen molar-refractivity contribution in [1.82, 2.24) is 9.88 Å². The van der Waals surface area contributed by atoms with Gasteiger partial charge in [0.1, 0.15) is 5.60 Å². The van der Waals surface area contributed by atoms with Crippen molar-refractivity contribution in [3.63, 3.8) is 0 Å². The number of aryl methyl sites for hydroxylation is 1. The summed E-state index contributed by atoms with van der Waals surface area (Å²) < 4.78 is 5.58. The molecular weight excluding hydrogens is 368 g/mol. The molecular formula is C23H26N2O4. The van der Waals surface area contributed by atoms with E-state index in [9.17, 15) is 14.7 Å². The quantitative estimate of drug-likeness (QED) is 0.630. The topological polar surface area (TPSA) is 82.6 Å². The first-order valence-electron chi connectivity index (χ1n) is 9.50. The van der Waals surface area contributed by atoms with Crippen LogP contribution in [0.15, 0.2) is 48.5 Å². The highest BCUT2D eigenvalue weighted by Gasteiger charge is 2.23. The smallest absolute Gasteiger partial charge is 0.410 e. The fraction of sp³-hybridized carbons (Fsp3) is 0.304. The minimum Gasteiger partial charge on any atom is -0.478 e. The number of nitrogens with one attached hydrogen (secondary N) is 1. The molecule has 0 radical (unpaired) electrons. The summed E-state index contributed by atoms with van der Waals surface area (Å²) in [5.74, 6) is -0.958. The summed E-state index contributed by atoms with van der Waals surface area (Å²) in [7, 11) is 0. The molecule has 0 fully saturated rings. The van der Waals surface area contributed by atoms with Crippen LogP contribution in [0.3, 0.4) is 0 Å². The third-order valence-electron chi connectivity index (χ3n) is 4.48. The molecule has 3 aromatic rings. The van der Waals surface area contributed by atoms with E-state index in [2.05, 4.69) is 4.98 Å². The Hall–Kier alpha value is -3.28. The van der Waals surface area contributed by atoms with Gasteiger partial charge in [0, 0.05) is 23.1 Å². The molecule has 0 bridgehead atoms. The molecule has 0 aliphatic carbocycles. The number of fused-ring (bicyclic) bond motifs is 1. The number of carbonyl (C=O) groups excluding carboxylic acids is 1. The lowest BCUT2D eigenvalue weighted by molar-refractivity contribution is 0.0214. The zero-order chi connectivity index (χ0) is 21.2. The summed E-state index contributed by atoms with van der Waals surface area (Å²) in [6, 6.07) is 15.1. The Morgan fingerprint density at radius 3 is 2.38 bits per heavy atom. The van der Waals surface area contributed by atoms with Gasteiger partial charge in [-0.2, -0.15) is 0 Å². The summed E-state index contributed by atoms with van der Waals surface area (Å²) in [4.78, 5) is 29.1. The number of aromatic nitrogens is 1. The van der Waals surface area contributed by atoms with Gasteiger partial charge >= 0.3 is 12.1 Å². The maximum atomic E-state index is 12.8. The second-order valence-corrected chi connectivity index (χ2v) is 8.18. The van der Waals surface area contributed by atoms with Crippen molar-refractivity contribution in [2.45, 2.75) is 46.4 Å². The summed E-state index contributed by atoms with van der Waals surface area (Å²) in [5, 5.41) is 10.2. The number of aromatic amines is 1. The van der Waals surface area contributed by atoms with Crippen LogP contribution in [0, 0.1) is 6.92 Å². The van der Waals surface area contributed by atoms with Gasteiger partial charge in [-0.05, 0) is 57.0 Å². The van der Waals surface area contributed by atoms with Crippen molar-refractivity contribution in [2.75, 3.05) is 0 Å². The molecule has 152 valence electrons. The average molecular weight is 394 g/mol. The summed E-state index contributed by atoms with van der Waals surface area (Å²) in [5.41, 5.74) is 2.90. The maximum absolute atomic E-state index is 12.8. The number of ether oxygens (including phenoxy) is 1. The molecule has 0 saturated carbocycles. The van der Waals surface area contributed by atoms with Crippen LogP contribution >= 0.6 is 0 Å². The van der Waals surface area contributed by atoms with Crippen molar-refractivity contribution >= 4 is 23.0 Å². The molecule has 0 aliphatic rings. The SMILES string of the molecule is Cc1cc2cc(CN(Cc3ccccc3)C(=O)OC(C)(C)C)[nH]c2cc1C(=O)O. The van der Waals surface area contributed by atoms with Gasteiger partial charge in [0.25, 0.3) is 0 Å². The Morgan fingerprint density at radius 2 is 1.76 bits per heavy atom. The third-order valence-corrected chi connectivity index (χ3v) is 4.48. The molecule has 0 atom stereocenters. The van der Waals surface area contributed by atoms with E-state index < -0.39 is 17.7 Å². The van der Waals surface area contributed by atoms with E-state index in [1.165, 1.54) is 0 Å². The molecule has 0 aliphatic heterocycles. The first-order chi connectivity index (χ1) is 13.6. The van der Waals surface area contributed by atoms with Crippen LogP contribution in [-0.4, -0.2) is 32.7 Å². The van der Waals surface area contributed by atoms with Crippen LogP contribution in [0.2, 0.25) is 0 Å². The van der Waals surface area contributed by atoms with Gasteiger partial charge in [-0.3, -0.25) is 4.90 Å². The minimum absolute atomic E-state index is 0.263. The summed E-state index contributed by atoms with van der Waals surface area (Å²) >= 11 is 0. The maximum Gasteiger partial charge on any atom is 0.410 e. The van der Waals surface area contributed by atoms with Crippen molar-refractivity contribution in [3.8, 4) is 0 Å². The molecule has 29 heavy (non-hydrogen) atoms. The number of carbonyl (C=O) groups is 2. The Balaban J connectivity index is 1.90.